The zero-order valence-corrected chi connectivity index (χ0v) is 17.3. The van der Waals surface area contributed by atoms with E-state index in [-0.39, 0.29) is 5.91 Å². The second-order valence-electron chi connectivity index (χ2n) is 7.21. The van der Waals surface area contributed by atoms with Crippen LogP contribution in [-0.4, -0.2) is 54.0 Å². The molecular weight excluding hydrogens is 400 g/mol. The van der Waals surface area contributed by atoms with Crippen molar-refractivity contribution in [3.63, 3.8) is 0 Å². The highest BCUT2D eigenvalue weighted by molar-refractivity contribution is 6.08. The minimum Gasteiger partial charge on any atom is -0.478 e. The van der Waals surface area contributed by atoms with E-state index < -0.39 is 11.9 Å². The molecule has 0 unspecified atom stereocenters. The van der Waals surface area contributed by atoms with E-state index in [1.165, 1.54) is 0 Å². The number of carbonyl (C=O) groups is 3. The van der Waals surface area contributed by atoms with Gasteiger partial charge in [0, 0.05) is 48.0 Å². The fourth-order valence-electron chi connectivity index (χ4n) is 3.70. The number of nitrogens with one attached hydrogen (secondary N) is 1. The van der Waals surface area contributed by atoms with E-state index in [1.807, 2.05) is 24.0 Å². The van der Waals surface area contributed by atoms with Gasteiger partial charge in [0.25, 0.3) is 5.91 Å². The van der Waals surface area contributed by atoms with Gasteiger partial charge in [-0.3, -0.25) is 4.79 Å². The predicted molar refractivity (Wildman–Crippen MR) is 114 cm³/mol. The lowest BCUT2D eigenvalue weighted by molar-refractivity contribution is -0.134. The Morgan fingerprint density at radius 1 is 1.19 bits per heavy atom. The van der Waals surface area contributed by atoms with Crippen molar-refractivity contribution in [2.24, 2.45) is 7.05 Å². The van der Waals surface area contributed by atoms with E-state index in [0.29, 0.717) is 18.7 Å². The Morgan fingerprint density at radius 3 is 2.48 bits per heavy atom. The van der Waals surface area contributed by atoms with Crippen molar-refractivity contribution < 1.29 is 24.6 Å². The number of amides is 1. The maximum Gasteiger partial charge on any atom is 0.328 e. The van der Waals surface area contributed by atoms with Gasteiger partial charge in [-0.25, -0.2) is 14.6 Å². The standard InChI is InChI=1S/C18H20N4O.C4H4O4/c1-12-14(20-11-19-12)10-22-9-5-8-16-17(18(22)23)13-6-3-4-7-15(13)21(16)2;5-3(6)1-2-4(7)8/h3-4,6-7,11H,5,8-10H2,1-2H3,(H,19,20);1-2H,(H,5,6)(H,7,8)/b;2-1-. The summed E-state index contributed by atoms with van der Waals surface area (Å²) in [7, 11) is 2.06. The Hall–Kier alpha value is -3.88. The first kappa shape index (κ1) is 21.8. The first-order chi connectivity index (χ1) is 14.8. The first-order valence-corrected chi connectivity index (χ1v) is 9.78. The number of nitrogens with zero attached hydrogens (tertiary/aromatic N) is 3. The lowest BCUT2D eigenvalue weighted by Crippen LogP contribution is -2.30. The molecule has 0 bridgehead atoms. The second kappa shape index (κ2) is 9.29. The number of aromatic amines is 1. The average Bonchev–Trinajstić information content (AvgIpc) is 3.21. The zero-order chi connectivity index (χ0) is 22.5. The molecule has 0 atom stereocenters. The molecule has 0 saturated heterocycles. The summed E-state index contributed by atoms with van der Waals surface area (Å²) < 4.78 is 2.17. The molecule has 9 nitrogen and oxygen atoms in total. The van der Waals surface area contributed by atoms with E-state index in [2.05, 4.69) is 33.7 Å². The molecule has 1 aliphatic rings. The molecule has 9 heteroatoms. The summed E-state index contributed by atoms with van der Waals surface area (Å²) in [5, 5.41) is 16.7. The van der Waals surface area contributed by atoms with Gasteiger partial charge in [-0.15, -0.1) is 0 Å². The van der Waals surface area contributed by atoms with Crippen LogP contribution in [-0.2, 0) is 29.6 Å². The molecule has 4 rings (SSSR count). The topological polar surface area (TPSA) is 129 Å². The Labute approximate surface area is 178 Å². The van der Waals surface area contributed by atoms with Gasteiger partial charge in [0.05, 0.1) is 24.1 Å². The number of fused-ring (bicyclic) bond motifs is 3. The molecule has 2 aromatic heterocycles. The summed E-state index contributed by atoms with van der Waals surface area (Å²) in [4.78, 5) is 41.6. The third-order valence-electron chi connectivity index (χ3n) is 5.21. The molecule has 1 aliphatic heterocycles. The van der Waals surface area contributed by atoms with Crippen LogP contribution in [0.1, 0.15) is 33.9 Å². The predicted octanol–water partition coefficient (Wildman–Crippen LogP) is 2.51. The Bertz CT molecular complexity index is 1140. The number of para-hydroxylation sites is 1. The number of aryl methyl sites for hydroxylation is 2. The van der Waals surface area contributed by atoms with Crippen LogP contribution in [0.15, 0.2) is 42.7 Å². The maximum atomic E-state index is 13.2. The number of imidazole rings is 1. The molecule has 162 valence electrons. The van der Waals surface area contributed by atoms with Crippen molar-refractivity contribution in [3.8, 4) is 0 Å². The first-order valence-electron chi connectivity index (χ1n) is 9.78. The number of rotatable bonds is 4. The van der Waals surface area contributed by atoms with Crippen molar-refractivity contribution in [2.75, 3.05) is 6.54 Å². The number of aliphatic carboxylic acids is 2. The summed E-state index contributed by atoms with van der Waals surface area (Å²) in [6.07, 6.45) is 4.72. The van der Waals surface area contributed by atoms with E-state index in [4.69, 9.17) is 10.2 Å². The van der Waals surface area contributed by atoms with Crippen molar-refractivity contribution in [1.82, 2.24) is 19.4 Å². The highest BCUT2D eigenvalue weighted by Crippen LogP contribution is 2.30. The van der Waals surface area contributed by atoms with Crippen molar-refractivity contribution >= 4 is 28.7 Å². The van der Waals surface area contributed by atoms with Crippen LogP contribution < -0.4 is 0 Å². The SMILES string of the molecule is Cc1[nH]cnc1CN1CCCc2c(c3ccccc3n2C)C1=O.O=C(O)/C=C\C(=O)O. The molecule has 3 N–H and O–H groups in total. The highest BCUT2D eigenvalue weighted by atomic mass is 16.4. The minimum atomic E-state index is -1.26. The number of carbonyl (C=O) groups excluding carboxylic acids is 1. The van der Waals surface area contributed by atoms with Crippen LogP contribution in [0.4, 0.5) is 0 Å². The Balaban J connectivity index is 0.000000293. The maximum absolute atomic E-state index is 13.2. The van der Waals surface area contributed by atoms with Gasteiger partial charge in [0.2, 0.25) is 0 Å². The second-order valence-corrected chi connectivity index (χ2v) is 7.21. The van der Waals surface area contributed by atoms with Crippen LogP contribution >= 0.6 is 0 Å². The largest absolute Gasteiger partial charge is 0.478 e. The molecule has 0 saturated carbocycles. The Morgan fingerprint density at radius 2 is 1.87 bits per heavy atom. The van der Waals surface area contributed by atoms with E-state index in [9.17, 15) is 14.4 Å². The summed E-state index contributed by atoms with van der Waals surface area (Å²) in [5.74, 6) is -2.39. The number of hydrogen-bond acceptors (Lipinski definition) is 4. The molecule has 0 spiro atoms. The van der Waals surface area contributed by atoms with Crippen molar-refractivity contribution in [2.45, 2.75) is 26.3 Å². The van der Waals surface area contributed by atoms with Gasteiger partial charge >= 0.3 is 11.9 Å². The fraction of sp³-hybridized carbons (Fsp3) is 0.273. The average molecular weight is 424 g/mol. The molecule has 3 heterocycles. The molecule has 3 aromatic rings. The lowest BCUT2D eigenvalue weighted by Gasteiger charge is -2.20. The van der Waals surface area contributed by atoms with Gasteiger partial charge in [0.1, 0.15) is 0 Å². The zero-order valence-electron chi connectivity index (χ0n) is 17.3. The van der Waals surface area contributed by atoms with E-state index in [0.717, 1.165) is 52.9 Å². The number of benzene rings is 1. The molecule has 1 amide bonds. The summed E-state index contributed by atoms with van der Waals surface area (Å²) in [6, 6.07) is 8.16. The number of carboxylic acid groups (broad SMARTS) is 2. The fourth-order valence-corrected chi connectivity index (χ4v) is 3.70. The monoisotopic (exact) mass is 424 g/mol. The molecule has 0 aliphatic carbocycles. The van der Waals surface area contributed by atoms with Crippen molar-refractivity contribution in [3.05, 3.63) is 65.4 Å². The van der Waals surface area contributed by atoms with Gasteiger partial charge in [0.15, 0.2) is 0 Å². The number of H-pyrrole nitrogens is 1. The van der Waals surface area contributed by atoms with E-state index >= 15 is 0 Å². The summed E-state index contributed by atoms with van der Waals surface area (Å²) in [6.45, 7) is 3.33. The third kappa shape index (κ3) is 4.82. The van der Waals surface area contributed by atoms with Crippen LogP contribution in [0.2, 0.25) is 0 Å². The van der Waals surface area contributed by atoms with Crippen LogP contribution in [0.5, 0.6) is 0 Å². The highest BCUT2D eigenvalue weighted by Gasteiger charge is 2.28. The molecular formula is C22H24N4O5. The molecule has 31 heavy (non-hydrogen) atoms. The summed E-state index contributed by atoms with van der Waals surface area (Å²) >= 11 is 0. The number of aromatic nitrogens is 3. The molecule has 0 radical (unpaired) electrons. The van der Waals surface area contributed by atoms with Crippen LogP contribution in [0.3, 0.4) is 0 Å². The number of hydrogen-bond donors (Lipinski definition) is 3. The molecule has 1 aromatic carbocycles. The smallest absolute Gasteiger partial charge is 0.328 e. The van der Waals surface area contributed by atoms with Crippen LogP contribution in [0.25, 0.3) is 10.9 Å². The van der Waals surface area contributed by atoms with Crippen molar-refractivity contribution in [1.29, 1.82) is 0 Å². The van der Waals surface area contributed by atoms with Gasteiger partial charge < -0.3 is 24.7 Å². The normalized spacial score (nSPS) is 13.6. The molecule has 0 fully saturated rings. The van der Waals surface area contributed by atoms with Gasteiger partial charge in [-0.05, 0) is 25.8 Å². The lowest BCUT2D eigenvalue weighted by atomic mass is 10.1. The van der Waals surface area contributed by atoms with Gasteiger partial charge in [-0.2, -0.15) is 0 Å². The number of carboxylic acids is 2. The quantitative estimate of drug-likeness (QED) is 0.552. The minimum absolute atomic E-state index is 0.122. The third-order valence-corrected chi connectivity index (χ3v) is 5.21. The summed E-state index contributed by atoms with van der Waals surface area (Å²) in [5.41, 5.74) is 5.12. The van der Waals surface area contributed by atoms with Crippen LogP contribution in [0, 0.1) is 6.92 Å². The van der Waals surface area contributed by atoms with E-state index in [1.54, 1.807) is 6.33 Å². The Kier molecular flexibility index (Phi) is 6.54. The van der Waals surface area contributed by atoms with Gasteiger partial charge in [-0.1, -0.05) is 18.2 Å².